The molecule has 1 saturated heterocycles. The molecule has 2 aliphatic rings. The molecular weight excluding hydrogens is 468 g/mol. The molecule has 188 valence electrons. The number of anilines is 1. The molecule has 37 heavy (non-hydrogen) atoms. The van der Waals surface area contributed by atoms with Crippen LogP contribution in [-0.2, 0) is 27.2 Å². The van der Waals surface area contributed by atoms with Crippen LogP contribution in [0.25, 0.3) is 5.76 Å². The minimum Gasteiger partial charge on any atom is -0.507 e. The lowest BCUT2D eigenvalue weighted by molar-refractivity contribution is -0.132. The monoisotopic (exact) mass is 496 g/mol. The molecule has 2 heterocycles. The fourth-order valence-electron chi connectivity index (χ4n) is 5.05. The van der Waals surface area contributed by atoms with Crippen molar-refractivity contribution in [2.75, 3.05) is 4.90 Å². The highest BCUT2D eigenvalue weighted by molar-refractivity contribution is 6.51. The Balaban J connectivity index is 1.64. The van der Waals surface area contributed by atoms with Gasteiger partial charge in [-0.3, -0.25) is 19.5 Å². The van der Waals surface area contributed by atoms with Gasteiger partial charge in [0.25, 0.3) is 11.7 Å². The second-order valence-electron chi connectivity index (χ2n) is 9.65. The molecule has 0 saturated carbocycles. The third kappa shape index (κ3) is 4.65. The summed E-state index contributed by atoms with van der Waals surface area (Å²) in [5.41, 5.74) is 4.06. The molecule has 7 heteroatoms. The predicted molar refractivity (Wildman–Crippen MR) is 139 cm³/mol. The van der Waals surface area contributed by atoms with E-state index in [9.17, 15) is 19.5 Å². The molecule has 0 spiro atoms. The molecular formula is C30H28N2O5. The fraction of sp³-hybridized carbons (Fsp3) is 0.267. The average molecular weight is 497 g/mol. The number of fused-ring (bicyclic) bond motifs is 1. The van der Waals surface area contributed by atoms with Crippen LogP contribution in [0.15, 0.2) is 72.6 Å². The number of hydrogen-bond donors (Lipinski definition) is 1. The van der Waals surface area contributed by atoms with Gasteiger partial charge in [0.2, 0.25) is 0 Å². The first kappa shape index (κ1) is 24.4. The molecule has 2 aromatic carbocycles. The molecule has 5 rings (SSSR count). The van der Waals surface area contributed by atoms with E-state index in [0.29, 0.717) is 16.8 Å². The number of aliphatic hydroxyl groups is 1. The number of nitrogens with zero attached hydrogens (tertiary/aromatic N) is 2. The van der Waals surface area contributed by atoms with Gasteiger partial charge in [-0.1, -0.05) is 24.3 Å². The molecule has 1 atom stereocenters. The summed E-state index contributed by atoms with van der Waals surface area (Å²) in [6.07, 6.45) is 6.98. The van der Waals surface area contributed by atoms with Crippen molar-refractivity contribution in [3.8, 4) is 0 Å². The molecule has 3 aromatic rings. The smallest absolute Gasteiger partial charge is 0.338 e. The van der Waals surface area contributed by atoms with Crippen molar-refractivity contribution in [2.45, 2.75) is 51.7 Å². The Morgan fingerprint density at radius 2 is 1.78 bits per heavy atom. The molecule has 0 radical (unpaired) electrons. The van der Waals surface area contributed by atoms with Gasteiger partial charge in [-0.05, 0) is 86.6 Å². The van der Waals surface area contributed by atoms with Crippen molar-refractivity contribution in [1.29, 1.82) is 0 Å². The molecule has 1 unspecified atom stereocenters. The summed E-state index contributed by atoms with van der Waals surface area (Å²) in [5, 5.41) is 11.4. The van der Waals surface area contributed by atoms with Crippen molar-refractivity contribution >= 4 is 29.1 Å². The zero-order chi connectivity index (χ0) is 26.1. The van der Waals surface area contributed by atoms with Gasteiger partial charge in [0.05, 0.1) is 23.3 Å². The SMILES string of the molecule is CC(C)OC(=O)c1cccc(N2C(=O)C(=O)/C(=C(\O)c3ccc4c(c3)CCCC4)C2c2cccnc2)c1. The Morgan fingerprint density at radius 1 is 1.00 bits per heavy atom. The van der Waals surface area contributed by atoms with Gasteiger partial charge in [-0.2, -0.15) is 0 Å². The van der Waals surface area contributed by atoms with Crippen molar-refractivity contribution in [3.63, 3.8) is 0 Å². The van der Waals surface area contributed by atoms with Crippen LogP contribution in [0, 0.1) is 0 Å². The second-order valence-corrected chi connectivity index (χ2v) is 9.65. The van der Waals surface area contributed by atoms with E-state index in [4.69, 9.17) is 4.74 Å². The number of rotatable bonds is 5. The maximum atomic E-state index is 13.4. The largest absolute Gasteiger partial charge is 0.507 e. The number of pyridine rings is 1. The number of benzene rings is 2. The first-order valence-corrected chi connectivity index (χ1v) is 12.5. The van der Waals surface area contributed by atoms with Crippen LogP contribution in [0.3, 0.4) is 0 Å². The van der Waals surface area contributed by atoms with E-state index >= 15 is 0 Å². The molecule has 1 amide bonds. The number of carbonyl (C=O) groups is 3. The zero-order valence-corrected chi connectivity index (χ0v) is 20.8. The van der Waals surface area contributed by atoms with Crippen LogP contribution in [0.5, 0.6) is 0 Å². The van der Waals surface area contributed by atoms with E-state index in [1.165, 1.54) is 16.5 Å². The number of ether oxygens (including phenoxy) is 1. The van der Waals surface area contributed by atoms with Gasteiger partial charge in [0, 0.05) is 23.6 Å². The number of aryl methyl sites for hydroxylation is 2. The van der Waals surface area contributed by atoms with Gasteiger partial charge in [-0.15, -0.1) is 0 Å². The lowest BCUT2D eigenvalue weighted by atomic mass is 9.89. The van der Waals surface area contributed by atoms with Gasteiger partial charge >= 0.3 is 5.97 Å². The highest BCUT2D eigenvalue weighted by atomic mass is 16.5. The van der Waals surface area contributed by atoms with Crippen LogP contribution in [0.1, 0.15) is 65.3 Å². The zero-order valence-electron chi connectivity index (χ0n) is 20.8. The Kier molecular flexibility index (Phi) is 6.61. The van der Waals surface area contributed by atoms with E-state index in [1.54, 1.807) is 62.6 Å². The minimum absolute atomic E-state index is 0.0103. The third-order valence-corrected chi connectivity index (χ3v) is 6.77. The van der Waals surface area contributed by atoms with Gasteiger partial charge in [-0.25, -0.2) is 4.79 Å². The quantitative estimate of drug-likeness (QED) is 0.227. The van der Waals surface area contributed by atoms with E-state index in [0.717, 1.165) is 31.2 Å². The van der Waals surface area contributed by atoms with Crippen molar-refractivity contribution in [3.05, 3.63) is 100 Å². The number of aromatic nitrogens is 1. The summed E-state index contributed by atoms with van der Waals surface area (Å²) in [7, 11) is 0. The second kappa shape index (κ2) is 10.0. The molecule has 1 aromatic heterocycles. The predicted octanol–water partition coefficient (Wildman–Crippen LogP) is 5.15. The van der Waals surface area contributed by atoms with E-state index in [-0.39, 0.29) is 23.0 Å². The van der Waals surface area contributed by atoms with Crippen LogP contribution in [0.2, 0.25) is 0 Å². The fourth-order valence-corrected chi connectivity index (χ4v) is 5.05. The molecule has 1 aliphatic heterocycles. The molecule has 1 aliphatic carbocycles. The van der Waals surface area contributed by atoms with Crippen molar-refractivity contribution in [1.82, 2.24) is 4.98 Å². The highest BCUT2D eigenvalue weighted by Gasteiger charge is 2.47. The van der Waals surface area contributed by atoms with Crippen molar-refractivity contribution < 1.29 is 24.2 Å². The van der Waals surface area contributed by atoms with Crippen LogP contribution < -0.4 is 4.90 Å². The number of esters is 1. The molecule has 1 fully saturated rings. The number of amides is 1. The Hall–Kier alpha value is -4.26. The number of ketones is 1. The number of Topliss-reactive ketones (excluding diaryl/α,β-unsaturated/α-hetero) is 1. The van der Waals surface area contributed by atoms with Gasteiger partial charge in [0.1, 0.15) is 5.76 Å². The number of carbonyl (C=O) groups excluding carboxylic acids is 3. The Morgan fingerprint density at radius 3 is 2.51 bits per heavy atom. The summed E-state index contributed by atoms with van der Waals surface area (Å²) >= 11 is 0. The lowest BCUT2D eigenvalue weighted by Crippen LogP contribution is -2.29. The van der Waals surface area contributed by atoms with E-state index in [2.05, 4.69) is 4.98 Å². The third-order valence-electron chi connectivity index (χ3n) is 6.77. The summed E-state index contributed by atoms with van der Waals surface area (Å²) in [5.74, 6) is -2.33. The number of hydrogen-bond acceptors (Lipinski definition) is 6. The van der Waals surface area contributed by atoms with E-state index < -0.39 is 23.7 Å². The standard InChI is InChI=1S/C30H28N2O5/c1-18(2)37-30(36)22-9-5-11-24(16-22)32-26(23-10-6-14-31-17-23)25(28(34)29(32)35)27(33)21-13-12-19-7-3-4-8-20(19)15-21/h5-6,9-18,26,33H,3-4,7-8H2,1-2H3/b27-25-. The lowest BCUT2D eigenvalue weighted by Gasteiger charge is -2.25. The topological polar surface area (TPSA) is 96.8 Å². The summed E-state index contributed by atoms with van der Waals surface area (Å²) < 4.78 is 5.31. The average Bonchev–Trinajstić information content (AvgIpc) is 3.18. The Labute approximate surface area is 215 Å². The Bertz CT molecular complexity index is 1410. The van der Waals surface area contributed by atoms with Crippen LogP contribution in [-0.4, -0.2) is 33.9 Å². The van der Waals surface area contributed by atoms with Crippen molar-refractivity contribution in [2.24, 2.45) is 0 Å². The van der Waals surface area contributed by atoms with Gasteiger partial charge < -0.3 is 9.84 Å². The summed E-state index contributed by atoms with van der Waals surface area (Å²) in [6.45, 7) is 3.51. The maximum absolute atomic E-state index is 13.4. The van der Waals surface area contributed by atoms with Gasteiger partial charge in [0.15, 0.2) is 0 Å². The first-order chi connectivity index (χ1) is 17.8. The van der Waals surface area contributed by atoms with E-state index in [1.807, 2.05) is 12.1 Å². The van der Waals surface area contributed by atoms with Crippen LogP contribution in [0.4, 0.5) is 5.69 Å². The molecule has 0 bridgehead atoms. The summed E-state index contributed by atoms with van der Waals surface area (Å²) in [6, 6.07) is 14.7. The molecule has 7 nitrogen and oxygen atoms in total. The van der Waals surface area contributed by atoms with Crippen LogP contribution >= 0.6 is 0 Å². The maximum Gasteiger partial charge on any atom is 0.338 e. The minimum atomic E-state index is -0.916. The molecule has 1 N–H and O–H groups in total. The normalized spacial score (nSPS) is 18.7. The highest BCUT2D eigenvalue weighted by Crippen LogP contribution is 2.42. The first-order valence-electron chi connectivity index (χ1n) is 12.5. The number of aliphatic hydroxyl groups excluding tert-OH is 1. The summed E-state index contributed by atoms with van der Waals surface area (Å²) in [4.78, 5) is 44.9.